The fourth-order valence-electron chi connectivity index (χ4n) is 3.52. The molecule has 2 aromatic heterocycles. The second-order valence-corrected chi connectivity index (χ2v) is 6.66. The van der Waals surface area contributed by atoms with Crippen LogP contribution < -0.4 is 0 Å². The third-order valence-electron chi connectivity index (χ3n) is 4.69. The van der Waals surface area contributed by atoms with E-state index in [1.54, 1.807) is 0 Å². The molecule has 0 N–H and O–H groups in total. The second kappa shape index (κ2) is 5.82. The van der Waals surface area contributed by atoms with Crippen LogP contribution in [0.4, 0.5) is 0 Å². The van der Waals surface area contributed by atoms with Crippen molar-refractivity contribution >= 4 is 0 Å². The highest BCUT2D eigenvalue weighted by molar-refractivity contribution is 5.70. The number of rotatable bonds is 2. The number of nitrogens with zero attached hydrogens (tertiary/aromatic N) is 3. The molecule has 1 aliphatic carbocycles. The van der Waals surface area contributed by atoms with E-state index < -0.39 is 0 Å². The van der Waals surface area contributed by atoms with Gasteiger partial charge in [0.25, 0.3) is 0 Å². The van der Waals surface area contributed by atoms with Crippen LogP contribution in [-0.2, 0) is 12.8 Å². The third kappa shape index (κ3) is 2.60. The molecule has 0 bridgehead atoms. The van der Waals surface area contributed by atoms with Gasteiger partial charge >= 0.3 is 0 Å². The minimum atomic E-state index is 0.745. The van der Waals surface area contributed by atoms with Crippen molar-refractivity contribution in [2.24, 2.45) is 0 Å². The molecule has 24 heavy (non-hydrogen) atoms. The summed E-state index contributed by atoms with van der Waals surface area (Å²) in [7, 11) is 0. The quantitative estimate of drug-likeness (QED) is 0.692. The molecule has 3 heteroatoms. The Labute approximate surface area is 142 Å². The lowest BCUT2D eigenvalue weighted by Gasteiger charge is -2.13. The van der Waals surface area contributed by atoms with Gasteiger partial charge in [-0.15, -0.1) is 0 Å². The molecule has 0 aliphatic heterocycles. The average Bonchev–Trinajstić information content (AvgIpc) is 3.03. The van der Waals surface area contributed by atoms with Gasteiger partial charge in [0.15, 0.2) is 5.82 Å². The van der Waals surface area contributed by atoms with E-state index in [-0.39, 0.29) is 0 Å². The predicted octanol–water partition coefficient (Wildman–Crippen LogP) is 4.62. The molecule has 0 spiro atoms. The van der Waals surface area contributed by atoms with E-state index in [4.69, 9.17) is 9.97 Å². The Hall–Kier alpha value is -2.55. The molecule has 0 atom stereocenters. The molecule has 4 rings (SSSR count). The van der Waals surface area contributed by atoms with Crippen molar-refractivity contribution in [3.63, 3.8) is 0 Å². The molecule has 3 aromatic rings. The number of fused-ring (bicyclic) bond motifs is 1. The highest BCUT2D eigenvalue weighted by Crippen LogP contribution is 2.33. The Kier molecular flexibility index (Phi) is 3.64. The number of benzene rings is 1. The first-order chi connectivity index (χ1) is 11.6. The zero-order valence-corrected chi connectivity index (χ0v) is 14.4. The Bertz CT molecular complexity index is 928. The monoisotopic (exact) mass is 315 g/mol. The summed E-state index contributed by atoms with van der Waals surface area (Å²) in [6.45, 7) is 6.29. The predicted molar refractivity (Wildman–Crippen MR) is 96.9 cm³/mol. The summed E-state index contributed by atoms with van der Waals surface area (Å²) in [6, 6.07) is 12.6. The van der Waals surface area contributed by atoms with Crippen LogP contribution in [-0.4, -0.2) is 15.0 Å². The summed E-state index contributed by atoms with van der Waals surface area (Å²) in [6.07, 6.45) is 3.26. The summed E-state index contributed by atoms with van der Waals surface area (Å²) in [5.41, 5.74) is 9.22. The van der Waals surface area contributed by atoms with Crippen molar-refractivity contribution < 1.29 is 0 Å². The zero-order valence-electron chi connectivity index (χ0n) is 14.4. The van der Waals surface area contributed by atoms with Gasteiger partial charge in [0.05, 0.1) is 5.69 Å². The molecule has 0 saturated heterocycles. The largest absolute Gasteiger partial charge is 0.250 e. The molecule has 0 saturated carbocycles. The Morgan fingerprint density at radius 3 is 2.54 bits per heavy atom. The minimum Gasteiger partial charge on any atom is -0.250 e. The first-order valence-electron chi connectivity index (χ1n) is 8.53. The first-order valence-corrected chi connectivity index (χ1v) is 8.53. The van der Waals surface area contributed by atoms with E-state index in [1.165, 1.54) is 27.9 Å². The third-order valence-corrected chi connectivity index (χ3v) is 4.69. The smallest absolute Gasteiger partial charge is 0.178 e. The number of aryl methyl sites for hydroxylation is 4. The van der Waals surface area contributed by atoms with Gasteiger partial charge in [-0.2, -0.15) is 0 Å². The summed E-state index contributed by atoms with van der Waals surface area (Å²) in [4.78, 5) is 14.4. The van der Waals surface area contributed by atoms with Gasteiger partial charge in [-0.25, -0.2) is 15.0 Å². The van der Waals surface area contributed by atoms with Crippen LogP contribution in [0.3, 0.4) is 0 Å². The molecule has 3 nitrogen and oxygen atoms in total. The maximum Gasteiger partial charge on any atom is 0.178 e. The van der Waals surface area contributed by atoms with Gasteiger partial charge in [-0.1, -0.05) is 29.8 Å². The normalized spacial score (nSPS) is 13.1. The van der Waals surface area contributed by atoms with E-state index in [0.717, 1.165) is 42.2 Å². The molecule has 0 fully saturated rings. The van der Waals surface area contributed by atoms with E-state index in [9.17, 15) is 0 Å². The van der Waals surface area contributed by atoms with Gasteiger partial charge in [-0.05, 0) is 57.7 Å². The first kappa shape index (κ1) is 15.0. The van der Waals surface area contributed by atoms with Crippen molar-refractivity contribution in [3.8, 4) is 22.8 Å². The van der Waals surface area contributed by atoms with Crippen LogP contribution in [0.5, 0.6) is 0 Å². The Morgan fingerprint density at radius 2 is 1.75 bits per heavy atom. The van der Waals surface area contributed by atoms with Crippen LogP contribution in [0.25, 0.3) is 22.8 Å². The number of hydrogen-bond acceptors (Lipinski definition) is 3. The molecule has 1 aromatic carbocycles. The SMILES string of the molecule is Cc1ccc(-c2nc(-c3cccc(C)n3)nc3c2CCC3)c(C)c1. The summed E-state index contributed by atoms with van der Waals surface area (Å²) in [5.74, 6) is 0.745. The number of pyridine rings is 1. The topological polar surface area (TPSA) is 38.7 Å². The summed E-state index contributed by atoms with van der Waals surface area (Å²) in [5, 5.41) is 0. The second-order valence-electron chi connectivity index (χ2n) is 6.66. The highest BCUT2D eigenvalue weighted by atomic mass is 14.9. The van der Waals surface area contributed by atoms with Gasteiger partial charge < -0.3 is 0 Å². The maximum absolute atomic E-state index is 4.94. The minimum absolute atomic E-state index is 0.745. The average molecular weight is 315 g/mol. The van der Waals surface area contributed by atoms with Crippen LogP contribution in [0.15, 0.2) is 36.4 Å². The van der Waals surface area contributed by atoms with Gasteiger partial charge in [0.1, 0.15) is 5.69 Å². The van der Waals surface area contributed by atoms with Crippen molar-refractivity contribution in [1.29, 1.82) is 0 Å². The lowest BCUT2D eigenvalue weighted by molar-refractivity contribution is 0.899. The molecule has 0 amide bonds. The fraction of sp³-hybridized carbons (Fsp3) is 0.286. The lowest BCUT2D eigenvalue weighted by Crippen LogP contribution is -2.02. The molecule has 120 valence electrons. The number of hydrogen-bond donors (Lipinski definition) is 0. The van der Waals surface area contributed by atoms with Crippen molar-refractivity contribution in [3.05, 3.63) is 64.5 Å². The van der Waals surface area contributed by atoms with Crippen LogP contribution >= 0.6 is 0 Å². The van der Waals surface area contributed by atoms with Gasteiger partial charge in [0, 0.05) is 22.5 Å². The highest BCUT2D eigenvalue weighted by Gasteiger charge is 2.22. The summed E-state index contributed by atoms with van der Waals surface area (Å²) < 4.78 is 0. The van der Waals surface area contributed by atoms with Gasteiger partial charge in [-0.3, -0.25) is 0 Å². The lowest BCUT2D eigenvalue weighted by atomic mass is 9.99. The van der Waals surface area contributed by atoms with Gasteiger partial charge in [0.2, 0.25) is 0 Å². The van der Waals surface area contributed by atoms with Crippen molar-refractivity contribution in [2.45, 2.75) is 40.0 Å². The molecular weight excluding hydrogens is 294 g/mol. The number of aromatic nitrogens is 3. The van der Waals surface area contributed by atoms with E-state index in [1.807, 2.05) is 25.1 Å². The van der Waals surface area contributed by atoms with Crippen LogP contribution in [0.1, 0.15) is 34.5 Å². The Morgan fingerprint density at radius 1 is 0.875 bits per heavy atom. The van der Waals surface area contributed by atoms with Crippen molar-refractivity contribution in [2.75, 3.05) is 0 Å². The Balaban J connectivity index is 1.93. The maximum atomic E-state index is 4.94. The van der Waals surface area contributed by atoms with Crippen molar-refractivity contribution in [1.82, 2.24) is 15.0 Å². The molecule has 0 unspecified atom stereocenters. The zero-order chi connectivity index (χ0) is 16.7. The molecule has 0 radical (unpaired) electrons. The van der Waals surface area contributed by atoms with E-state index in [0.29, 0.717) is 0 Å². The molecule has 1 aliphatic rings. The fourth-order valence-corrected chi connectivity index (χ4v) is 3.52. The molecule has 2 heterocycles. The van der Waals surface area contributed by atoms with E-state index >= 15 is 0 Å². The molecular formula is C21H21N3. The van der Waals surface area contributed by atoms with Crippen LogP contribution in [0, 0.1) is 20.8 Å². The summed E-state index contributed by atoms with van der Waals surface area (Å²) >= 11 is 0. The van der Waals surface area contributed by atoms with E-state index in [2.05, 4.69) is 37.0 Å². The van der Waals surface area contributed by atoms with Crippen LogP contribution in [0.2, 0.25) is 0 Å². The standard InChI is InChI=1S/C21H21N3/c1-13-10-11-16(14(2)12-13)20-17-7-5-8-18(17)23-21(24-20)19-9-4-6-15(3)22-19/h4,6,9-12H,5,7-8H2,1-3H3.